The molecule has 2 rings (SSSR count). The van der Waals surface area contributed by atoms with Crippen LogP contribution in [0.1, 0.15) is 19.8 Å². The van der Waals surface area contributed by atoms with E-state index in [0.717, 1.165) is 25.0 Å². The summed E-state index contributed by atoms with van der Waals surface area (Å²) >= 11 is 0. The highest BCUT2D eigenvalue weighted by molar-refractivity contribution is 7.91. The third-order valence-electron chi connectivity index (χ3n) is 3.92. The summed E-state index contributed by atoms with van der Waals surface area (Å²) < 4.78 is 37.4. The minimum Gasteiger partial charge on any atom is -0.342 e. The Labute approximate surface area is 130 Å². The molecule has 2 N–H and O–H groups in total. The van der Waals surface area contributed by atoms with Gasteiger partial charge in [0.2, 0.25) is 5.91 Å². The fraction of sp³-hybridized carbons (Fsp3) is 0.533. The van der Waals surface area contributed by atoms with Gasteiger partial charge in [0, 0.05) is 25.0 Å². The van der Waals surface area contributed by atoms with E-state index < -0.39 is 21.6 Å². The van der Waals surface area contributed by atoms with Crippen molar-refractivity contribution in [2.45, 2.75) is 30.7 Å². The number of likely N-dealkylation sites (tertiary alicyclic amines) is 1. The SMILES string of the molecule is CC(CS(=O)(=O)c1ccc(F)cc1)C(=O)N1CCC(N)CC1. The molecule has 5 nitrogen and oxygen atoms in total. The predicted octanol–water partition coefficient (Wildman–Crippen LogP) is 1.19. The van der Waals surface area contributed by atoms with Gasteiger partial charge in [-0.05, 0) is 37.1 Å². The average molecular weight is 328 g/mol. The van der Waals surface area contributed by atoms with Crippen molar-refractivity contribution >= 4 is 15.7 Å². The quantitative estimate of drug-likeness (QED) is 0.842. The fourth-order valence-electron chi connectivity index (χ4n) is 2.57. The van der Waals surface area contributed by atoms with Crippen molar-refractivity contribution in [1.82, 2.24) is 4.90 Å². The van der Waals surface area contributed by atoms with Gasteiger partial charge in [0.15, 0.2) is 9.84 Å². The molecule has 22 heavy (non-hydrogen) atoms. The molecule has 1 heterocycles. The van der Waals surface area contributed by atoms with E-state index in [9.17, 15) is 17.6 Å². The zero-order valence-corrected chi connectivity index (χ0v) is 13.4. The Kier molecular flexibility index (Phi) is 5.18. The van der Waals surface area contributed by atoms with Crippen LogP contribution in [0.15, 0.2) is 29.2 Å². The number of sulfone groups is 1. The van der Waals surface area contributed by atoms with Crippen LogP contribution in [0.25, 0.3) is 0 Å². The molecule has 1 amide bonds. The molecule has 1 aliphatic rings. The lowest BCUT2D eigenvalue weighted by Gasteiger charge is -2.32. The minimum atomic E-state index is -3.61. The first-order valence-corrected chi connectivity index (χ1v) is 8.97. The third kappa shape index (κ3) is 4.04. The third-order valence-corrected chi connectivity index (χ3v) is 5.84. The van der Waals surface area contributed by atoms with Crippen LogP contribution >= 0.6 is 0 Å². The van der Waals surface area contributed by atoms with Crippen LogP contribution in [0.5, 0.6) is 0 Å². The second-order valence-electron chi connectivity index (χ2n) is 5.80. The van der Waals surface area contributed by atoms with Crippen molar-refractivity contribution in [3.05, 3.63) is 30.1 Å². The van der Waals surface area contributed by atoms with E-state index in [0.29, 0.717) is 13.1 Å². The molecular formula is C15H21FN2O3S. The van der Waals surface area contributed by atoms with E-state index in [4.69, 9.17) is 5.73 Å². The number of carbonyl (C=O) groups is 1. The van der Waals surface area contributed by atoms with Crippen LogP contribution in [-0.2, 0) is 14.6 Å². The van der Waals surface area contributed by atoms with Gasteiger partial charge >= 0.3 is 0 Å². The Hall–Kier alpha value is -1.47. The number of nitrogens with zero attached hydrogens (tertiary/aromatic N) is 1. The van der Waals surface area contributed by atoms with Gasteiger partial charge in [-0.1, -0.05) is 6.92 Å². The molecule has 1 aromatic carbocycles. The van der Waals surface area contributed by atoms with Crippen LogP contribution < -0.4 is 5.73 Å². The first-order chi connectivity index (χ1) is 10.3. The van der Waals surface area contributed by atoms with Crippen molar-refractivity contribution in [3.8, 4) is 0 Å². The Morgan fingerprint density at radius 3 is 2.41 bits per heavy atom. The molecule has 0 bridgehead atoms. The second kappa shape index (κ2) is 6.75. The van der Waals surface area contributed by atoms with E-state index >= 15 is 0 Å². The van der Waals surface area contributed by atoms with Crippen LogP contribution in [0, 0.1) is 11.7 Å². The van der Waals surface area contributed by atoms with Gasteiger partial charge in [-0.2, -0.15) is 0 Å². The normalized spacial score (nSPS) is 18.2. The number of halogens is 1. The number of carbonyl (C=O) groups excluding carboxylic acids is 1. The maximum atomic E-state index is 12.9. The van der Waals surface area contributed by atoms with Gasteiger partial charge in [0.1, 0.15) is 5.82 Å². The molecule has 1 fully saturated rings. The summed E-state index contributed by atoms with van der Waals surface area (Å²) in [6.07, 6.45) is 1.48. The summed E-state index contributed by atoms with van der Waals surface area (Å²) in [5.74, 6) is -1.57. The molecule has 0 radical (unpaired) electrons. The van der Waals surface area contributed by atoms with Crippen molar-refractivity contribution in [1.29, 1.82) is 0 Å². The predicted molar refractivity (Wildman–Crippen MR) is 81.4 cm³/mol. The monoisotopic (exact) mass is 328 g/mol. The molecule has 0 spiro atoms. The fourth-order valence-corrected chi connectivity index (χ4v) is 4.11. The van der Waals surface area contributed by atoms with E-state index in [1.54, 1.807) is 11.8 Å². The van der Waals surface area contributed by atoms with Crippen molar-refractivity contribution in [2.75, 3.05) is 18.8 Å². The van der Waals surface area contributed by atoms with Crippen molar-refractivity contribution in [2.24, 2.45) is 11.7 Å². The first kappa shape index (κ1) is 16.9. The zero-order valence-electron chi connectivity index (χ0n) is 12.5. The number of hydrogen-bond donors (Lipinski definition) is 1. The molecule has 1 atom stereocenters. The van der Waals surface area contributed by atoms with Gasteiger partial charge < -0.3 is 10.6 Å². The second-order valence-corrected chi connectivity index (χ2v) is 7.83. The zero-order chi connectivity index (χ0) is 16.3. The highest BCUT2D eigenvalue weighted by Crippen LogP contribution is 2.18. The summed E-state index contributed by atoms with van der Waals surface area (Å²) in [6.45, 7) is 2.75. The number of hydrogen-bond acceptors (Lipinski definition) is 4. The topological polar surface area (TPSA) is 80.5 Å². The van der Waals surface area contributed by atoms with E-state index in [1.807, 2.05) is 0 Å². The van der Waals surface area contributed by atoms with Gasteiger partial charge in [-0.25, -0.2) is 12.8 Å². The van der Waals surface area contributed by atoms with Crippen molar-refractivity contribution < 1.29 is 17.6 Å². The largest absolute Gasteiger partial charge is 0.342 e. The number of amides is 1. The Bertz CT molecular complexity index is 623. The maximum Gasteiger partial charge on any atom is 0.226 e. The van der Waals surface area contributed by atoms with Gasteiger partial charge in [-0.15, -0.1) is 0 Å². The summed E-state index contributed by atoms with van der Waals surface area (Å²) in [5.41, 5.74) is 5.80. The lowest BCUT2D eigenvalue weighted by Crippen LogP contribution is -2.45. The first-order valence-electron chi connectivity index (χ1n) is 7.32. The molecular weight excluding hydrogens is 307 g/mol. The lowest BCUT2D eigenvalue weighted by molar-refractivity contribution is -0.135. The molecule has 7 heteroatoms. The van der Waals surface area contributed by atoms with E-state index in [2.05, 4.69) is 0 Å². The lowest BCUT2D eigenvalue weighted by atomic mass is 10.0. The Morgan fingerprint density at radius 2 is 1.86 bits per heavy atom. The van der Waals surface area contributed by atoms with Crippen LogP contribution in [0.4, 0.5) is 4.39 Å². The molecule has 1 saturated heterocycles. The van der Waals surface area contributed by atoms with Gasteiger partial charge in [-0.3, -0.25) is 4.79 Å². The number of nitrogens with two attached hydrogens (primary N) is 1. The van der Waals surface area contributed by atoms with Crippen molar-refractivity contribution in [3.63, 3.8) is 0 Å². The smallest absolute Gasteiger partial charge is 0.226 e. The van der Waals surface area contributed by atoms with Crippen LogP contribution in [0.2, 0.25) is 0 Å². The molecule has 0 saturated carbocycles. The highest BCUT2D eigenvalue weighted by Gasteiger charge is 2.28. The molecule has 1 aromatic rings. The average Bonchev–Trinajstić information content (AvgIpc) is 2.47. The minimum absolute atomic E-state index is 0.0363. The number of benzene rings is 1. The summed E-state index contributed by atoms with van der Waals surface area (Å²) in [7, 11) is -3.61. The summed E-state index contributed by atoms with van der Waals surface area (Å²) in [5, 5.41) is 0. The number of piperidine rings is 1. The van der Waals surface area contributed by atoms with Crippen LogP contribution in [0.3, 0.4) is 0 Å². The molecule has 0 aromatic heterocycles. The van der Waals surface area contributed by atoms with Gasteiger partial charge in [0.25, 0.3) is 0 Å². The standard InChI is InChI=1S/C15H21FN2O3S/c1-11(15(19)18-8-6-13(17)7-9-18)10-22(20,21)14-4-2-12(16)3-5-14/h2-5,11,13H,6-10,17H2,1H3. The highest BCUT2D eigenvalue weighted by atomic mass is 32.2. The maximum absolute atomic E-state index is 12.9. The molecule has 0 aliphatic carbocycles. The summed E-state index contributed by atoms with van der Waals surface area (Å²) in [4.78, 5) is 14.0. The Morgan fingerprint density at radius 1 is 1.32 bits per heavy atom. The molecule has 1 aliphatic heterocycles. The molecule has 122 valence electrons. The Balaban J connectivity index is 2.02. The van der Waals surface area contributed by atoms with Crippen LogP contribution in [-0.4, -0.2) is 44.1 Å². The van der Waals surface area contributed by atoms with E-state index in [-0.39, 0.29) is 22.6 Å². The van der Waals surface area contributed by atoms with E-state index in [1.165, 1.54) is 12.1 Å². The summed E-state index contributed by atoms with van der Waals surface area (Å²) in [6, 6.07) is 4.77. The van der Waals surface area contributed by atoms with Gasteiger partial charge in [0.05, 0.1) is 10.6 Å². The molecule has 1 unspecified atom stereocenters. The number of rotatable bonds is 4.